The maximum atomic E-state index is 13.4. The third-order valence-corrected chi connectivity index (χ3v) is 2.33. The number of carboxylic acid groups (broad SMARTS) is 2. The quantitative estimate of drug-likeness (QED) is 0.575. The van der Waals surface area contributed by atoms with E-state index in [9.17, 15) is 14.0 Å². The average Bonchev–Trinajstić information content (AvgIpc) is 2.51. The summed E-state index contributed by atoms with van der Waals surface area (Å²) < 4.78 is 13.4. The predicted molar refractivity (Wildman–Crippen MR) is 54.0 cm³/mol. The Morgan fingerprint density at radius 1 is 1.18 bits per heavy atom. The van der Waals surface area contributed by atoms with Crippen LogP contribution in [0.5, 0.6) is 0 Å². The highest BCUT2D eigenvalue weighted by molar-refractivity contribution is 5.72. The Labute approximate surface area is 95.7 Å². The summed E-state index contributed by atoms with van der Waals surface area (Å²) in [7, 11) is 0. The molecule has 0 atom stereocenters. The minimum Gasteiger partial charge on any atom is -0.481 e. The van der Waals surface area contributed by atoms with Gasteiger partial charge in [-0.1, -0.05) is 0 Å². The van der Waals surface area contributed by atoms with Crippen molar-refractivity contribution in [1.82, 2.24) is 4.98 Å². The van der Waals surface area contributed by atoms with Crippen molar-refractivity contribution in [2.75, 3.05) is 0 Å². The van der Waals surface area contributed by atoms with Crippen LogP contribution in [0.15, 0.2) is 0 Å². The van der Waals surface area contributed by atoms with Crippen molar-refractivity contribution in [3.8, 4) is 0 Å². The largest absolute Gasteiger partial charge is 0.481 e. The SMILES string of the molecule is O=C(O)CCc1c(F)[nH]c(CO)c1CC(=O)O. The molecule has 17 heavy (non-hydrogen) atoms. The Kier molecular flexibility index (Phi) is 4.22. The van der Waals surface area contributed by atoms with E-state index in [0.29, 0.717) is 0 Å². The van der Waals surface area contributed by atoms with Gasteiger partial charge in [0.2, 0.25) is 0 Å². The Bertz CT molecular complexity index is 440. The first-order valence-electron chi connectivity index (χ1n) is 4.88. The minimum absolute atomic E-state index is 0.0128. The Balaban J connectivity index is 3.03. The first kappa shape index (κ1) is 13.2. The molecule has 0 aliphatic carbocycles. The lowest BCUT2D eigenvalue weighted by atomic mass is 10.0. The number of rotatable bonds is 6. The maximum absolute atomic E-state index is 13.4. The van der Waals surface area contributed by atoms with Crippen molar-refractivity contribution in [1.29, 1.82) is 0 Å². The van der Waals surface area contributed by atoms with Gasteiger partial charge in [0.1, 0.15) is 0 Å². The number of carboxylic acids is 2. The zero-order chi connectivity index (χ0) is 13.0. The molecule has 94 valence electrons. The summed E-state index contributed by atoms with van der Waals surface area (Å²) in [5, 5.41) is 26.1. The molecule has 1 aromatic rings. The fraction of sp³-hybridized carbons (Fsp3) is 0.400. The van der Waals surface area contributed by atoms with Crippen LogP contribution in [0.3, 0.4) is 0 Å². The summed E-state index contributed by atoms with van der Waals surface area (Å²) >= 11 is 0. The van der Waals surface area contributed by atoms with E-state index in [1.165, 1.54) is 0 Å². The molecular formula is C10H12FNO5. The standard InChI is InChI=1S/C10H12FNO5/c11-10-5(1-2-8(14)15)6(3-9(16)17)7(4-13)12-10/h12-13H,1-4H2,(H,14,15)(H,16,17). The highest BCUT2D eigenvalue weighted by Gasteiger charge is 2.19. The van der Waals surface area contributed by atoms with E-state index >= 15 is 0 Å². The number of aromatic nitrogens is 1. The van der Waals surface area contributed by atoms with E-state index in [1.54, 1.807) is 0 Å². The van der Waals surface area contributed by atoms with Gasteiger partial charge in [-0.2, -0.15) is 4.39 Å². The van der Waals surface area contributed by atoms with Gasteiger partial charge in [-0.25, -0.2) is 0 Å². The molecule has 0 unspecified atom stereocenters. The topological polar surface area (TPSA) is 111 Å². The van der Waals surface area contributed by atoms with E-state index in [4.69, 9.17) is 15.3 Å². The molecule has 0 aliphatic rings. The molecule has 7 heteroatoms. The second-order valence-corrected chi connectivity index (χ2v) is 3.50. The number of aromatic amines is 1. The summed E-state index contributed by atoms with van der Waals surface area (Å²) in [6.45, 7) is -0.521. The molecule has 0 aliphatic heterocycles. The molecule has 0 spiro atoms. The van der Waals surface area contributed by atoms with Crippen LogP contribution in [0.25, 0.3) is 0 Å². The van der Waals surface area contributed by atoms with Crippen molar-refractivity contribution >= 4 is 11.9 Å². The first-order chi connectivity index (χ1) is 7.95. The summed E-state index contributed by atoms with van der Waals surface area (Å²) in [5.74, 6) is -3.06. The molecule has 0 fully saturated rings. The van der Waals surface area contributed by atoms with Gasteiger partial charge in [0.25, 0.3) is 0 Å². The second-order valence-electron chi connectivity index (χ2n) is 3.50. The fourth-order valence-electron chi connectivity index (χ4n) is 1.59. The number of aliphatic hydroxyl groups is 1. The number of hydrogen-bond acceptors (Lipinski definition) is 3. The zero-order valence-corrected chi connectivity index (χ0v) is 8.86. The Morgan fingerprint density at radius 3 is 2.29 bits per heavy atom. The number of aliphatic hydroxyl groups excluding tert-OH is 1. The molecule has 1 aromatic heterocycles. The Hall–Kier alpha value is -1.89. The number of hydrogen-bond donors (Lipinski definition) is 4. The van der Waals surface area contributed by atoms with Gasteiger partial charge in [0.05, 0.1) is 13.0 Å². The van der Waals surface area contributed by atoms with Gasteiger partial charge >= 0.3 is 11.9 Å². The molecule has 4 N–H and O–H groups in total. The predicted octanol–water partition coefficient (Wildman–Crippen LogP) is 0.290. The molecule has 0 bridgehead atoms. The van der Waals surface area contributed by atoms with Gasteiger partial charge in [-0.3, -0.25) is 9.59 Å². The first-order valence-corrected chi connectivity index (χ1v) is 4.88. The van der Waals surface area contributed by atoms with Crippen LogP contribution in [0.4, 0.5) is 4.39 Å². The van der Waals surface area contributed by atoms with E-state index in [0.717, 1.165) is 0 Å². The summed E-state index contributed by atoms with van der Waals surface area (Å²) in [4.78, 5) is 23.2. The van der Waals surface area contributed by atoms with E-state index in [-0.39, 0.29) is 29.7 Å². The summed E-state index contributed by atoms with van der Waals surface area (Å²) in [6.07, 6.45) is -0.863. The van der Waals surface area contributed by atoms with Gasteiger partial charge in [-0.05, 0) is 12.0 Å². The zero-order valence-electron chi connectivity index (χ0n) is 8.86. The number of H-pyrrole nitrogens is 1. The lowest BCUT2D eigenvalue weighted by Gasteiger charge is -2.02. The van der Waals surface area contributed by atoms with Crippen LogP contribution >= 0.6 is 0 Å². The highest BCUT2D eigenvalue weighted by Crippen LogP contribution is 2.21. The Morgan fingerprint density at radius 2 is 1.82 bits per heavy atom. The normalized spacial score (nSPS) is 10.5. The monoisotopic (exact) mass is 245 g/mol. The minimum atomic E-state index is -1.17. The van der Waals surface area contributed by atoms with Gasteiger partial charge in [-0.15, -0.1) is 0 Å². The van der Waals surface area contributed by atoms with Crippen molar-refractivity contribution in [3.05, 3.63) is 22.8 Å². The van der Waals surface area contributed by atoms with E-state index < -0.39 is 30.9 Å². The van der Waals surface area contributed by atoms with Crippen LogP contribution in [0.2, 0.25) is 0 Å². The van der Waals surface area contributed by atoms with Crippen molar-refractivity contribution < 1.29 is 29.3 Å². The molecule has 6 nitrogen and oxygen atoms in total. The molecule has 0 amide bonds. The van der Waals surface area contributed by atoms with E-state index in [1.807, 2.05) is 0 Å². The number of nitrogens with one attached hydrogen (secondary N) is 1. The summed E-state index contributed by atoms with van der Waals surface area (Å²) in [6, 6.07) is 0. The molecule has 0 saturated carbocycles. The molecule has 1 rings (SSSR count). The third-order valence-electron chi connectivity index (χ3n) is 2.33. The maximum Gasteiger partial charge on any atom is 0.307 e. The highest BCUT2D eigenvalue weighted by atomic mass is 19.1. The van der Waals surface area contributed by atoms with E-state index in [2.05, 4.69) is 4.98 Å². The molecule has 0 aromatic carbocycles. The molecular weight excluding hydrogens is 233 g/mol. The van der Waals surface area contributed by atoms with Crippen molar-refractivity contribution in [2.24, 2.45) is 0 Å². The van der Waals surface area contributed by atoms with Crippen LogP contribution < -0.4 is 0 Å². The van der Waals surface area contributed by atoms with Gasteiger partial charge in [0, 0.05) is 17.7 Å². The van der Waals surface area contributed by atoms with Gasteiger partial charge in [0.15, 0.2) is 5.95 Å². The lowest BCUT2D eigenvalue weighted by Crippen LogP contribution is -2.06. The van der Waals surface area contributed by atoms with Crippen LogP contribution in [-0.4, -0.2) is 32.2 Å². The average molecular weight is 245 g/mol. The van der Waals surface area contributed by atoms with Gasteiger partial charge < -0.3 is 20.3 Å². The number of halogens is 1. The van der Waals surface area contributed by atoms with Crippen molar-refractivity contribution in [3.63, 3.8) is 0 Å². The van der Waals surface area contributed by atoms with Crippen molar-refractivity contribution in [2.45, 2.75) is 25.9 Å². The second kappa shape index (κ2) is 5.44. The molecule has 1 heterocycles. The number of carbonyl (C=O) groups is 2. The molecule has 0 radical (unpaired) electrons. The molecule has 0 saturated heterocycles. The lowest BCUT2D eigenvalue weighted by molar-refractivity contribution is -0.137. The van der Waals surface area contributed by atoms with Crippen LogP contribution in [0, 0.1) is 5.95 Å². The van der Waals surface area contributed by atoms with Crippen LogP contribution in [0.1, 0.15) is 23.2 Å². The number of aliphatic carboxylic acids is 2. The summed E-state index contributed by atoms with van der Waals surface area (Å²) in [5.41, 5.74) is 0.211. The fourth-order valence-corrected chi connectivity index (χ4v) is 1.59. The smallest absolute Gasteiger partial charge is 0.307 e. The third kappa shape index (κ3) is 3.28. The van der Waals surface area contributed by atoms with Crippen LogP contribution in [-0.2, 0) is 29.0 Å².